The highest BCUT2D eigenvalue weighted by molar-refractivity contribution is 5.80. The van der Waals surface area contributed by atoms with Gasteiger partial charge in [-0.3, -0.25) is 9.67 Å². The molecule has 1 aliphatic heterocycles. The molecule has 2 N–H and O–H groups in total. The lowest BCUT2D eigenvalue weighted by Crippen LogP contribution is -2.46. The minimum atomic E-state index is 0.205. The van der Waals surface area contributed by atoms with E-state index in [0.29, 0.717) is 6.04 Å². The van der Waals surface area contributed by atoms with Crippen molar-refractivity contribution in [3.63, 3.8) is 0 Å². The Labute approximate surface area is 185 Å². The Morgan fingerprint density at radius 1 is 1.26 bits per heavy atom. The van der Waals surface area contributed by atoms with Crippen LogP contribution in [0.15, 0.2) is 35.6 Å². The predicted octanol–water partition coefficient (Wildman–Crippen LogP) is 1.48. The van der Waals surface area contributed by atoms with Crippen molar-refractivity contribution in [3.05, 3.63) is 36.2 Å². The van der Waals surface area contributed by atoms with Gasteiger partial charge in [0.15, 0.2) is 5.96 Å². The maximum absolute atomic E-state index is 5.42. The second kappa shape index (κ2) is 10.4. The summed E-state index contributed by atoms with van der Waals surface area (Å²) >= 11 is 0. The minimum absolute atomic E-state index is 0.205. The number of aryl methyl sites for hydroxylation is 1. The molecule has 31 heavy (non-hydrogen) atoms. The van der Waals surface area contributed by atoms with Gasteiger partial charge in [-0.25, -0.2) is 0 Å². The van der Waals surface area contributed by atoms with E-state index in [2.05, 4.69) is 50.8 Å². The molecule has 1 saturated heterocycles. The number of aromatic nitrogens is 2. The van der Waals surface area contributed by atoms with Gasteiger partial charge in [0, 0.05) is 75.4 Å². The van der Waals surface area contributed by atoms with Gasteiger partial charge >= 0.3 is 0 Å². The number of rotatable bonds is 8. The average Bonchev–Trinajstić information content (AvgIpc) is 3.41. The number of guanidine groups is 1. The van der Waals surface area contributed by atoms with Gasteiger partial charge in [0.2, 0.25) is 0 Å². The molecule has 1 aliphatic rings. The molecule has 2 heterocycles. The molecule has 2 aromatic rings. The zero-order valence-corrected chi connectivity index (χ0v) is 19.4. The highest BCUT2D eigenvalue weighted by atomic mass is 16.5. The van der Waals surface area contributed by atoms with E-state index in [1.807, 2.05) is 43.2 Å². The molecular weight excluding hydrogens is 394 g/mol. The number of ether oxygens (including phenoxy) is 2. The number of nitrogens with one attached hydrogen (secondary N) is 2. The summed E-state index contributed by atoms with van der Waals surface area (Å²) in [4.78, 5) is 8.96. The van der Waals surface area contributed by atoms with Crippen molar-refractivity contribution in [3.8, 4) is 11.5 Å². The van der Waals surface area contributed by atoms with Gasteiger partial charge in [0.05, 0.1) is 26.5 Å². The minimum Gasteiger partial charge on any atom is -0.497 e. The number of benzene rings is 1. The third-order valence-corrected chi connectivity index (χ3v) is 5.65. The zero-order chi connectivity index (χ0) is 22.4. The molecule has 1 aromatic carbocycles. The predicted molar refractivity (Wildman–Crippen MR) is 124 cm³/mol. The molecule has 0 aliphatic carbocycles. The fourth-order valence-corrected chi connectivity index (χ4v) is 3.88. The van der Waals surface area contributed by atoms with Crippen LogP contribution in [0.4, 0.5) is 5.69 Å². The molecule has 0 bridgehead atoms. The number of aliphatic imine (C=N–C) groups is 1. The van der Waals surface area contributed by atoms with Crippen molar-refractivity contribution in [2.24, 2.45) is 12.0 Å². The number of nitrogens with zero attached hydrogens (tertiary/aromatic N) is 5. The summed E-state index contributed by atoms with van der Waals surface area (Å²) in [5.41, 5.74) is 2.28. The van der Waals surface area contributed by atoms with E-state index in [0.717, 1.165) is 49.2 Å². The van der Waals surface area contributed by atoms with Gasteiger partial charge in [0.25, 0.3) is 0 Å². The Hall–Kier alpha value is -2.94. The van der Waals surface area contributed by atoms with E-state index in [1.54, 1.807) is 14.2 Å². The molecule has 170 valence electrons. The summed E-state index contributed by atoms with van der Waals surface area (Å²) < 4.78 is 12.7. The van der Waals surface area contributed by atoms with Crippen molar-refractivity contribution < 1.29 is 9.47 Å². The molecule has 1 fully saturated rings. The molecule has 2 atom stereocenters. The highest BCUT2D eigenvalue weighted by Crippen LogP contribution is 2.30. The summed E-state index contributed by atoms with van der Waals surface area (Å²) in [5, 5.41) is 11.4. The van der Waals surface area contributed by atoms with Crippen molar-refractivity contribution in [1.82, 2.24) is 25.3 Å². The van der Waals surface area contributed by atoms with Crippen LogP contribution in [0.1, 0.15) is 18.0 Å². The van der Waals surface area contributed by atoms with Crippen LogP contribution in [0.2, 0.25) is 0 Å². The van der Waals surface area contributed by atoms with Gasteiger partial charge < -0.3 is 29.9 Å². The fraction of sp³-hybridized carbons (Fsp3) is 0.545. The first-order valence-electron chi connectivity index (χ1n) is 10.5. The Balaban J connectivity index is 1.58. The largest absolute Gasteiger partial charge is 0.497 e. The lowest BCUT2D eigenvalue weighted by Gasteiger charge is -2.26. The van der Waals surface area contributed by atoms with Crippen LogP contribution < -0.4 is 25.0 Å². The molecule has 1 aromatic heterocycles. The number of hydrogen-bond acceptors (Lipinski definition) is 6. The molecule has 2 unspecified atom stereocenters. The van der Waals surface area contributed by atoms with Crippen LogP contribution in [-0.2, 0) is 7.05 Å². The van der Waals surface area contributed by atoms with Crippen molar-refractivity contribution in [1.29, 1.82) is 0 Å². The lowest BCUT2D eigenvalue weighted by atomic mass is 10.1. The van der Waals surface area contributed by atoms with Crippen molar-refractivity contribution in [2.75, 3.05) is 59.9 Å². The van der Waals surface area contributed by atoms with Crippen LogP contribution in [0.25, 0.3) is 0 Å². The summed E-state index contributed by atoms with van der Waals surface area (Å²) in [6.45, 7) is 2.58. The second-order valence-corrected chi connectivity index (χ2v) is 8.03. The van der Waals surface area contributed by atoms with E-state index in [-0.39, 0.29) is 6.04 Å². The van der Waals surface area contributed by atoms with Crippen molar-refractivity contribution in [2.45, 2.75) is 18.5 Å². The van der Waals surface area contributed by atoms with Gasteiger partial charge in [0.1, 0.15) is 11.5 Å². The summed E-state index contributed by atoms with van der Waals surface area (Å²) in [7, 11) is 11.3. The molecule has 0 radical (unpaired) electrons. The van der Waals surface area contributed by atoms with Crippen LogP contribution in [0, 0.1) is 0 Å². The van der Waals surface area contributed by atoms with Crippen LogP contribution in [-0.4, -0.2) is 81.7 Å². The Morgan fingerprint density at radius 3 is 2.52 bits per heavy atom. The van der Waals surface area contributed by atoms with E-state index < -0.39 is 0 Å². The fourth-order valence-electron chi connectivity index (χ4n) is 3.88. The maximum Gasteiger partial charge on any atom is 0.191 e. The molecule has 3 rings (SSSR count). The van der Waals surface area contributed by atoms with Gasteiger partial charge in [-0.1, -0.05) is 0 Å². The van der Waals surface area contributed by atoms with E-state index in [9.17, 15) is 0 Å². The summed E-state index contributed by atoms with van der Waals surface area (Å²) in [5.74, 6) is 2.41. The lowest BCUT2D eigenvalue weighted by molar-refractivity contribution is 0.298. The highest BCUT2D eigenvalue weighted by Gasteiger charge is 2.25. The van der Waals surface area contributed by atoms with E-state index in [4.69, 9.17) is 9.47 Å². The van der Waals surface area contributed by atoms with Crippen LogP contribution in [0.5, 0.6) is 11.5 Å². The van der Waals surface area contributed by atoms with Gasteiger partial charge in [-0.2, -0.15) is 5.10 Å². The molecular formula is C22H35N7O2. The number of anilines is 1. The smallest absolute Gasteiger partial charge is 0.191 e. The summed E-state index contributed by atoms with van der Waals surface area (Å²) in [6.07, 6.45) is 5.00. The quantitative estimate of drug-likeness (QED) is 0.486. The second-order valence-electron chi connectivity index (χ2n) is 8.03. The van der Waals surface area contributed by atoms with E-state index in [1.165, 1.54) is 5.56 Å². The normalized spacial score (nSPS) is 17.7. The SMILES string of the molecule is CN=C(NCC(c1cnn(C)c1)N(C)C)NC1CCN(c2cc(OC)cc(OC)c2)C1. The first-order valence-corrected chi connectivity index (χ1v) is 10.5. The van der Waals surface area contributed by atoms with Gasteiger partial charge in [-0.05, 0) is 20.5 Å². The zero-order valence-electron chi connectivity index (χ0n) is 19.4. The molecule has 0 amide bonds. The molecule has 9 heteroatoms. The first-order chi connectivity index (χ1) is 14.9. The maximum atomic E-state index is 5.42. The number of methoxy groups -OCH3 is 2. The molecule has 0 spiro atoms. The van der Waals surface area contributed by atoms with Crippen LogP contribution >= 0.6 is 0 Å². The molecule has 0 saturated carbocycles. The Morgan fingerprint density at radius 2 is 1.97 bits per heavy atom. The summed E-state index contributed by atoms with van der Waals surface area (Å²) in [6, 6.07) is 6.50. The molecule has 9 nitrogen and oxygen atoms in total. The third-order valence-electron chi connectivity index (χ3n) is 5.65. The van der Waals surface area contributed by atoms with E-state index >= 15 is 0 Å². The topological polar surface area (TPSA) is 79.2 Å². The standard InChI is InChI=1S/C22H35N7O2/c1-23-22(24-13-21(27(2)3)16-12-25-28(4)14-16)26-17-7-8-29(15-17)18-9-19(30-5)11-20(10-18)31-6/h9-12,14,17,21H,7-8,13,15H2,1-6H3,(H2,23,24,26). The number of likely N-dealkylation sites (N-methyl/N-ethyl adjacent to an activating group) is 1. The Kier molecular flexibility index (Phi) is 7.62. The monoisotopic (exact) mass is 429 g/mol. The third kappa shape index (κ3) is 5.81. The Bertz CT molecular complexity index is 858. The first kappa shape index (κ1) is 22.7. The van der Waals surface area contributed by atoms with Gasteiger partial charge in [-0.15, -0.1) is 0 Å². The number of hydrogen-bond donors (Lipinski definition) is 2. The average molecular weight is 430 g/mol. The van der Waals surface area contributed by atoms with Crippen LogP contribution in [0.3, 0.4) is 0 Å². The van der Waals surface area contributed by atoms with Crippen molar-refractivity contribution >= 4 is 11.6 Å².